The van der Waals surface area contributed by atoms with E-state index in [2.05, 4.69) is 14.8 Å². The Labute approximate surface area is 145 Å². The summed E-state index contributed by atoms with van der Waals surface area (Å²) in [6.45, 7) is -0.267. The number of ether oxygens (including phenoxy) is 1. The van der Waals surface area contributed by atoms with Crippen LogP contribution in [0.1, 0.15) is 19.8 Å². The lowest BCUT2D eigenvalue weighted by Gasteiger charge is -2.30. The van der Waals surface area contributed by atoms with Gasteiger partial charge >= 0.3 is 6.61 Å². The molecule has 0 radical (unpaired) electrons. The summed E-state index contributed by atoms with van der Waals surface area (Å²) in [7, 11) is -3.78. The molecular weight excluding hydrogens is 373 g/mol. The molecule has 0 aliphatic carbocycles. The molecule has 2 rings (SSSR count). The van der Waals surface area contributed by atoms with Crippen LogP contribution in [0.5, 0.6) is 5.75 Å². The van der Waals surface area contributed by atoms with Gasteiger partial charge in [-0.1, -0.05) is 11.6 Å². The van der Waals surface area contributed by atoms with Crippen LogP contribution in [0.15, 0.2) is 23.1 Å². The van der Waals surface area contributed by atoms with Crippen LogP contribution in [-0.2, 0) is 10.0 Å². The third-order valence-corrected chi connectivity index (χ3v) is 5.28. The molecule has 1 aromatic rings. The first-order valence-corrected chi connectivity index (χ1v) is 8.66. The number of benzene rings is 1. The molecule has 2 N–H and O–H groups in total. The third kappa shape index (κ3) is 5.42. The van der Waals surface area contributed by atoms with E-state index >= 15 is 0 Å². The van der Waals surface area contributed by atoms with Crippen molar-refractivity contribution in [2.45, 2.75) is 43.4 Å². The SMILES string of the molecule is CC1NCCCC1NS(=O)(=O)c1ccc(OC(F)F)c(Cl)c1.Cl. The van der Waals surface area contributed by atoms with Gasteiger partial charge in [0.25, 0.3) is 0 Å². The van der Waals surface area contributed by atoms with Gasteiger partial charge in [-0.3, -0.25) is 0 Å². The minimum absolute atomic E-state index is 0. The van der Waals surface area contributed by atoms with Gasteiger partial charge in [0.05, 0.1) is 9.92 Å². The van der Waals surface area contributed by atoms with Crippen LogP contribution < -0.4 is 14.8 Å². The molecular formula is C13H18Cl2F2N2O3S. The van der Waals surface area contributed by atoms with Crippen LogP contribution in [0, 0.1) is 0 Å². The van der Waals surface area contributed by atoms with Crippen molar-refractivity contribution >= 4 is 34.0 Å². The fourth-order valence-electron chi connectivity index (χ4n) is 2.31. The van der Waals surface area contributed by atoms with Gasteiger partial charge in [-0.05, 0) is 44.5 Å². The van der Waals surface area contributed by atoms with Crippen molar-refractivity contribution in [2.75, 3.05) is 6.54 Å². The Hall–Kier alpha value is -0.670. The van der Waals surface area contributed by atoms with E-state index in [0.717, 1.165) is 31.5 Å². The summed E-state index contributed by atoms with van der Waals surface area (Å²) in [5.41, 5.74) is 0. The number of alkyl halides is 2. The smallest absolute Gasteiger partial charge is 0.387 e. The molecule has 0 spiro atoms. The molecule has 1 aromatic carbocycles. The molecule has 0 bridgehead atoms. The van der Waals surface area contributed by atoms with Crippen molar-refractivity contribution in [2.24, 2.45) is 0 Å². The first-order chi connectivity index (χ1) is 10.3. The molecule has 2 unspecified atom stereocenters. The molecule has 23 heavy (non-hydrogen) atoms. The van der Waals surface area contributed by atoms with E-state index in [1.54, 1.807) is 0 Å². The predicted molar refractivity (Wildman–Crippen MR) is 86.1 cm³/mol. The Kier molecular flexibility index (Phi) is 7.47. The van der Waals surface area contributed by atoms with E-state index in [0.29, 0.717) is 0 Å². The Morgan fingerprint density at radius 1 is 1.43 bits per heavy atom. The summed E-state index contributed by atoms with van der Waals surface area (Å²) < 4.78 is 55.8. The lowest BCUT2D eigenvalue weighted by molar-refractivity contribution is -0.0498. The number of sulfonamides is 1. The van der Waals surface area contributed by atoms with E-state index in [1.807, 2.05) is 6.92 Å². The zero-order valence-electron chi connectivity index (χ0n) is 12.3. The highest BCUT2D eigenvalue weighted by Gasteiger charge is 2.27. The van der Waals surface area contributed by atoms with Crippen molar-refractivity contribution in [3.63, 3.8) is 0 Å². The third-order valence-electron chi connectivity index (χ3n) is 3.50. The van der Waals surface area contributed by atoms with Crippen LogP contribution in [0.4, 0.5) is 8.78 Å². The number of hydrogen-bond donors (Lipinski definition) is 2. The van der Waals surface area contributed by atoms with Crippen LogP contribution in [0.2, 0.25) is 5.02 Å². The highest BCUT2D eigenvalue weighted by molar-refractivity contribution is 7.89. The normalized spacial score (nSPS) is 21.8. The number of hydrogen-bond acceptors (Lipinski definition) is 4. The number of halogens is 4. The fraction of sp³-hybridized carbons (Fsp3) is 0.538. The van der Waals surface area contributed by atoms with Gasteiger partial charge in [0.2, 0.25) is 10.0 Å². The maximum atomic E-state index is 12.3. The van der Waals surface area contributed by atoms with Crippen molar-refractivity contribution in [1.29, 1.82) is 0 Å². The van der Waals surface area contributed by atoms with Crippen LogP contribution in [0.3, 0.4) is 0 Å². The molecule has 0 saturated carbocycles. The van der Waals surface area contributed by atoms with Crippen molar-refractivity contribution in [3.05, 3.63) is 23.2 Å². The summed E-state index contributed by atoms with van der Waals surface area (Å²) in [4.78, 5) is -0.0862. The maximum absolute atomic E-state index is 12.3. The van der Waals surface area contributed by atoms with Crippen molar-refractivity contribution in [1.82, 2.24) is 10.0 Å². The van der Waals surface area contributed by atoms with Gasteiger partial charge in [-0.25, -0.2) is 13.1 Å². The van der Waals surface area contributed by atoms with Crippen LogP contribution in [-0.4, -0.2) is 33.7 Å². The molecule has 1 heterocycles. The predicted octanol–water partition coefficient (Wildman–Crippen LogP) is 2.78. The second-order valence-electron chi connectivity index (χ2n) is 5.08. The first-order valence-electron chi connectivity index (χ1n) is 6.79. The van der Waals surface area contributed by atoms with Crippen LogP contribution >= 0.6 is 24.0 Å². The quantitative estimate of drug-likeness (QED) is 0.810. The summed E-state index contributed by atoms with van der Waals surface area (Å²) in [6, 6.07) is 3.19. The second-order valence-corrected chi connectivity index (χ2v) is 7.20. The van der Waals surface area contributed by atoms with Gasteiger partial charge in [0.15, 0.2) is 0 Å². The van der Waals surface area contributed by atoms with E-state index in [1.165, 1.54) is 6.07 Å². The number of rotatable bonds is 5. The summed E-state index contributed by atoms with van der Waals surface area (Å²) in [5.74, 6) is -0.261. The van der Waals surface area contributed by atoms with E-state index in [4.69, 9.17) is 11.6 Å². The van der Waals surface area contributed by atoms with Gasteiger partial charge in [-0.15, -0.1) is 12.4 Å². The summed E-state index contributed by atoms with van der Waals surface area (Å²) in [5, 5.41) is 3.01. The van der Waals surface area contributed by atoms with Crippen molar-refractivity contribution in [3.8, 4) is 5.75 Å². The first kappa shape index (κ1) is 20.4. The molecule has 1 aliphatic rings. The second kappa shape index (κ2) is 8.43. The zero-order chi connectivity index (χ0) is 16.3. The largest absolute Gasteiger partial charge is 0.433 e. The lowest BCUT2D eigenvalue weighted by Crippen LogP contribution is -2.51. The highest BCUT2D eigenvalue weighted by atomic mass is 35.5. The number of nitrogens with one attached hydrogen (secondary N) is 2. The Morgan fingerprint density at radius 2 is 2.13 bits per heavy atom. The molecule has 0 aromatic heterocycles. The van der Waals surface area contributed by atoms with Gasteiger partial charge in [0, 0.05) is 12.1 Å². The van der Waals surface area contributed by atoms with E-state index in [9.17, 15) is 17.2 Å². The minimum Gasteiger partial charge on any atom is -0.433 e. The van der Waals surface area contributed by atoms with Crippen molar-refractivity contribution < 1.29 is 21.9 Å². The monoisotopic (exact) mass is 390 g/mol. The zero-order valence-corrected chi connectivity index (χ0v) is 14.6. The summed E-state index contributed by atoms with van der Waals surface area (Å²) >= 11 is 5.79. The average Bonchev–Trinajstić information content (AvgIpc) is 2.43. The standard InChI is InChI=1S/C13H17ClF2N2O3S.ClH/c1-8-11(3-2-6-17-8)18-22(19,20)9-4-5-12(10(14)7-9)21-13(15)16;/h4-5,7-8,11,13,17-18H,2-3,6H2,1H3;1H. The molecule has 1 aliphatic heterocycles. The Balaban J connectivity index is 0.00000264. The van der Waals surface area contributed by atoms with E-state index in [-0.39, 0.29) is 40.2 Å². The lowest BCUT2D eigenvalue weighted by atomic mass is 10.0. The molecule has 1 fully saturated rings. The summed E-state index contributed by atoms with van der Waals surface area (Å²) in [6.07, 6.45) is 1.60. The molecule has 10 heteroatoms. The molecule has 132 valence electrons. The van der Waals surface area contributed by atoms with Gasteiger partial charge < -0.3 is 10.1 Å². The highest BCUT2D eigenvalue weighted by Crippen LogP contribution is 2.28. The molecule has 1 saturated heterocycles. The molecule has 2 atom stereocenters. The Bertz CT molecular complexity index is 632. The molecule has 5 nitrogen and oxygen atoms in total. The maximum Gasteiger partial charge on any atom is 0.387 e. The minimum atomic E-state index is -3.78. The Morgan fingerprint density at radius 3 is 2.70 bits per heavy atom. The van der Waals surface area contributed by atoms with E-state index < -0.39 is 16.6 Å². The topological polar surface area (TPSA) is 67.4 Å². The number of piperidine rings is 1. The molecule has 0 amide bonds. The van der Waals surface area contributed by atoms with Crippen LogP contribution in [0.25, 0.3) is 0 Å². The average molecular weight is 391 g/mol. The fourth-order valence-corrected chi connectivity index (χ4v) is 3.98. The van der Waals surface area contributed by atoms with Gasteiger partial charge in [0.1, 0.15) is 5.75 Å². The van der Waals surface area contributed by atoms with Gasteiger partial charge in [-0.2, -0.15) is 8.78 Å².